The number of ether oxygens (including phenoxy) is 1. The number of H-pyrrole nitrogens is 1. The monoisotopic (exact) mass is 311 g/mol. The average molecular weight is 311 g/mol. The summed E-state index contributed by atoms with van der Waals surface area (Å²) in [6, 6.07) is 4.03. The number of carbonyl (C=O) groups is 1. The lowest BCUT2D eigenvalue weighted by Gasteiger charge is -2.12. The molecule has 118 valence electrons. The SMILES string of the molecule is Cc1ccn2cc(CNC(=O)c3n[nH]c4c3COCC4)nc2c1. The van der Waals surface area contributed by atoms with Crippen molar-refractivity contribution in [2.24, 2.45) is 0 Å². The normalized spacial score (nSPS) is 14.0. The number of nitrogens with zero attached hydrogens (tertiary/aromatic N) is 3. The minimum Gasteiger partial charge on any atom is -0.376 e. The standard InChI is InChI=1S/C16H17N5O2/c1-10-2-4-21-8-11(18-14(21)6-10)7-17-16(22)15-12-9-23-5-3-13(12)19-20-15/h2,4,6,8H,3,5,7,9H2,1H3,(H,17,22)(H,19,20). The molecule has 7 heteroatoms. The highest BCUT2D eigenvalue weighted by molar-refractivity contribution is 5.93. The molecule has 0 saturated heterocycles. The molecule has 4 rings (SSSR count). The van der Waals surface area contributed by atoms with Gasteiger partial charge in [-0.3, -0.25) is 9.89 Å². The first kappa shape index (κ1) is 14.0. The van der Waals surface area contributed by atoms with Gasteiger partial charge in [-0.2, -0.15) is 5.10 Å². The van der Waals surface area contributed by atoms with E-state index in [1.807, 2.05) is 35.9 Å². The number of imidazole rings is 1. The fraction of sp³-hybridized carbons (Fsp3) is 0.312. The Balaban J connectivity index is 1.49. The summed E-state index contributed by atoms with van der Waals surface area (Å²) in [7, 11) is 0. The van der Waals surface area contributed by atoms with Crippen molar-refractivity contribution in [1.82, 2.24) is 24.9 Å². The van der Waals surface area contributed by atoms with Crippen molar-refractivity contribution in [3.63, 3.8) is 0 Å². The van der Waals surface area contributed by atoms with Crippen LogP contribution in [-0.4, -0.2) is 32.1 Å². The van der Waals surface area contributed by atoms with Crippen LogP contribution >= 0.6 is 0 Å². The maximum absolute atomic E-state index is 12.3. The number of nitrogens with one attached hydrogen (secondary N) is 2. The van der Waals surface area contributed by atoms with Crippen molar-refractivity contribution in [3.05, 3.63) is 52.7 Å². The lowest BCUT2D eigenvalue weighted by Crippen LogP contribution is -2.25. The molecular formula is C16H17N5O2. The maximum atomic E-state index is 12.3. The van der Waals surface area contributed by atoms with E-state index in [4.69, 9.17) is 4.74 Å². The van der Waals surface area contributed by atoms with E-state index in [0.717, 1.165) is 34.6 Å². The number of hydrogen-bond acceptors (Lipinski definition) is 4. The summed E-state index contributed by atoms with van der Waals surface area (Å²) in [5, 5.41) is 9.92. The quantitative estimate of drug-likeness (QED) is 0.765. The minimum absolute atomic E-state index is 0.207. The highest BCUT2D eigenvalue weighted by Gasteiger charge is 2.22. The fourth-order valence-electron chi connectivity index (χ4n) is 2.78. The predicted octanol–water partition coefficient (Wildman–Crippen LogP) is 1.37. The van der Waals surface area contributed by atoms with Crippen molar-refractivity contribution in [2.45, 2.75) is 26.5 Å². The smallest absolute Gasteiger partial charge is 0.272 e. The van der Waals surface area contributed by atoms with Gasteiger partial charge in [0.05, 0.1) is 25.5 Å². The minimum atomic E-state index is -0.207. The van der Waals surface area contributed by atoms with Gasteiger partial charge in [0.2, 0.25) is 0 Å². The molecule has 2 N–H and O–H groups in total. The summed E-state index contributed by atoms with van der Waals surface area (Å²) in [4.78, 5) is 16.8. The molecule has 4 heterocycles. The van der Waals surface area contributed by atoms with E-state index >= 15 is 0 Å². The molecule has 0 bridgehead atoms. The van der Waals surface area contributed by atoms with Gasteiger partial charge in [0, 0.05) is 30.1 Å². The number of fused-ring (bicyclic) bond motifs is 2. The number of aromatic nitrogens is 4. The summed E-state index contributed by atoms with van der Waals surface area (Å²) in [6.45, 7) is 3.49. The van der Waals surface area contributed by atoms with Crippen LogP contribution in [0.3, 0.4) is 0 Å². The molecule has 0 atom stereocenters. The van der Waals surface area contributed by atoms with Crippen molar-refractivity contribution in [1.29, 1.82) is 0 Å². The second-order valence-electron chi connectivity index (χ2n) is 5.72. The second-order valence-corrected chi connectivity index (χ2v) is 5.72. The van der Waals surface area contributed by atoms with Gasteiger partial charge < -0.3 is 14.5 Å². The van der Waals surface area contributed by atoms with Crippen LogP contribution in [0.1, 0.15) is 33.0 Å². The number of carbonyl (C=O) groups excluding carboxylic acids is 1. The van der Waals surface area contributed by atoms with E-state index in [1.165, 1.54) is 0 Å². The molecule has 0 unspecified atom stereocenters. The number of aromatic amines is 1. The molecule has 1 amide bonds. The van der Waals surface area contributed by atoms with Crippen LogP contribution in [0.2, 0.25) is 0 Å². The summed E-state index contributed by atoms with van der Waals surface area (Å²) in [5.41, 5.74) is 5.11. The van der Waals surface area contributed by atoms with Gasteiger partial charge in [-0.05, 0) is 24.6 Å². The third kappa shape index (κ3) is 2.59. The first-order valence-electron chi connectivity index (χ1n) is 7.57. The Kier molecular flexibility index (Phi) is 3.34. The second kappa shape index (κ2) is 5.51. The third-order valence-electron chi connectivity index (χ3n) is 4.01. The van der Waals surface area contributed by atoms with Gasteiger partial charge in [0.15, 0.2) is 5.69 Å². The molecule has 0 fully saturated rings. The van der Waals surface area contributed by atoms with Crippen LogP contribution in [0, 0.1) is 6.92 Å². The Morgan fingerprint density at radius 2 is 2.43 bits per heavy atom. The van der Waals surface area contributed by atoms with Crippen molar-refractivity contribution in [3.8, 4) is 0 Å². The van der Waals surface area contributed by atoms with Gasteiger partial charge in [-0.15, -0.1) is 0 Å². The molecule has 3 aromatic heterocycles. The zero-order chi connectivity index (χ0) is 15.8. The summed E-state index contributed by atoms with van der Waals surface area (Å²) in [5.74, 6) is -0.207. The van der Waals surface area contributed by atoms with Crippen molar-refractivity contribution >= 4 is 11.6 Å². The number of pyridine rings is 1. The lowest BCUT2D eigenvalue weighted by atomic mass is 10.1. The molecule has 1 aliphatic rings. The Hall–Kier alpha value is -2.67. The van der Waals surface area contributed by atoms with E-state index < -0.39 is 0 Å². The predicted molar refractivity (Wildman–Crippen MR) is 83.0 cm³/mol. The largest absolute Gasteiger partial charge is 0.376 e. The number of hydrogen-bond donors (Lipinski definition) is 2. The Labute approximate surface area is 132 Å². The van der Waals surface area contributed by atoms with Gasteiger partial charge in [0.25, 0.3) is 5.91 Å². The molecule has 0 spiro atoms. The summed E-state index contributed by atoms with van der Waals surface area (Å²) < 4.78 is 7.35. The molecule has 0 aromatic carbocycles. The zero-order valence-corrected chi connectivity index (χ0v) is 12.8. The average Bonchev–Trinajstić information content (AvgIpc) is 3.15. The molecule has 23 heavy (non-hydrogen) atoms. The highest BCUT2D eigenvalue weighted by Crippen LogP contribution is 2.18. The molecule has 7 nitrogen and oxygen atoms in total. The Morgan fingerprint density at radius 1 is 1.52 bits per heavy atom. The summed E-state index contributed by atoms with van der Waals surface area (Å²) >= 11 is 0. The van der Waals surface area contributed by atoms with Crippen LogP contribution in [0.25, 0.3) is 5.65 Å². The third-order valence-corrected chi connectivity index (χ3v) is 4.01. The van der Waals surface area contributed by atoms with E-state index in [2.05, 4.69) is 20.5 Å². The number of aryl methyl sites for hydroxylation is 1. The summed E-state index contributed by atoms with van der Waals surface area (Å²) in [6.07, 6.45) is 4.64. The lowest BCUT2D eigenvalue weighted by molar-refractivity contribution is 0.0922. The van der Waals surface area contributed by atoms with Crippen LogP contribution in [0.4, 0.5) is 0 Å². The molecule has 0 aliphatic carbocycles. The first-order valence-corrected chi connectivity index (χ1v) is 7.57. The van der Waals surface area contributed by atoms with E-state index in [-0.39, 0.29) is 5.91 Å². The van der Waals surface area contributed by atoms with Crippen LogP contribution in [0.5, 0.6) is 0 Å². The van der Waals surface area contributed by atoms with Crippen LogP contribution in [-0.2, 0) is 24.3 Å². The molecule has 0 saturated carbocycles. The van der Waals surface area contributed by atoms with Crippen LogP contribution < -0.4 is 5.32 Å². The van der Waals surface area contributed by atoms with Gasteiger partial charge >= 0.3 is 0 Å². The topological polar surface area (TPSA) is 84.3 Å². The number of rotatable bonds is 3. The molecule has 3 aromatic rings. The fourth-order valence-corrected chi connectivity index (χ4v) is 2.78. The molecular weight excluding hydrogens is 294 g/mol. The Morgan fingerprint density at radius 3 is 3.35 bits per heavy atom. The van der Waals surface area contributed by atoms with Crippen molar-refractivity contribution in [2.75, 3.05) is 6.61 Å². The Bertz CT molecular complexity index is 880. The molecule has 0 radical (unpaired) electrons. The highest BCUT2D eigenvalue weighted by atomic mass is 16.5. The van der Waals surface area contributed by atoms with E-state index in [1.54, 1.807) is 0 Å². The van der Waals surface area contributed by atoms with E-state index in [9.17, 15) is 4.79 Å². The van der Waals surface area contributed by atoms with Gasteiger partial charge in [0.1, 0.15) is 5.65 Å². The van der Waals surface area contributed by atoms with Gasteiger partial charge in [-0.1, -0.05) is 0 Å². The van der Waals surface area contributed by atoms with Gasteiger partial charge in [-0.25, -0.2) is 4.98 Å². The zero-order valence-electron chi connectivity index (χ0n) is 12.8. The van der Waals surface area contributed by atoms with Crippen molar-refractivity contribution < 1.29 is 9.53 Å². The number of amides is 1. The maximum Gasteiger partial charge on any atom is 0.272 e. The van der Waals surface area contributed by atoms with E-state index in [0.29, 0.717) is 25.5 Å². The molecule has 1 aliphatic heterocycles. The van der Waals surface area contributed by atoms with Crippen LogP contribution in [0.15, 0.2) is 24.5 Å². The first-order chi connectivity index (χ1) is 11.2.